The number of hydrogen-bond donors (Lipinski definition) is 2. The third-order valence-corrected chi connectivity index (χ3v) is 2.20. The molecular weight excluding hydrogens is 154 g/mol. The van der Waals surface area contributed by atoms with Gasteiger partial charge in [0.15, 0.2) is 0 Å². The minimum atomic E-state index is -0.132. The molecule has 0 saturated carbocycles. The Morgan fingerprint density at radius 3 is 3.25 bits per heavy atom. The second-order valence-electron chi connectivity index (χ2n) is 3.25. The highest BCUT2D eigenvalue weighted by Crippen LogP contribution is 2.11. The normalized spacial score (nSPS) is 24.9. The van der Waals surface area contributed by atoms with Gasteiger partial charge in [0, 0.05) is 31.5 Å². The van der Waals surface area contributed by atoms with E-state index < -0.39 is 0 Å². The van der Waals surface area contributed by atoms with Crippen LogP contribution in [0.25, 0.3) is 0 Å². The largest absolute Gasteiger partial charge is 0.392 e. The summed E-state index contributed by atoms with van der Waals surface area (Å²) >= 11 is 0. The Bertz CT molecular complexity index is 234. The molecule has 66 valence electrons. The van der Waals surface area contributed by atoms with E-state index in [4.69, 9.17) is 0 Å². The Balaban J connectivity index is 1.88. The summed E-state index contributed by atoms with van der Waals surface area (Å²) < 4.78 is 0. The number of hydrogen-bond acceptors (Lipinski definition) is 3. The second kappa shape index (κ2) is 3.25. The lowest BCUT2D eigenvalue weighted by atomic mass is 10.3. The number of H-pyrrole nitrogens is 1. The maximum absolute atomic E-state index is 9.26. The van der Waals surface area contributed by atoms with Crippen LogP contribution in [-0.4, -0.2) is 39.2 Å². The lowest BCUT2D eigenvalue weighted by molar-refractivity contribution is 0.174. The smallest absolute Gasteiger partial charge is 0.0922 e. The molecule has 2 rings (SSSR count). The molecule has 1 aliphatic heterocycles. The van der Waals surface area contributed by atoms with Crippen LogP contribution < -0.4 is 0 Å². The van der Waals surface area contributed by atoms with E-state index in [-0.39, 0.29) is 6.10 Å². The van der Waals surface area contributed by atoms with Crippen molar-refractivity contribution in [1.82, 2.24) is 14.9 Å². The third-order valence-electron chi connectivity index (χ3n) is 2.20. The molecule has 0 aromatic carbocycles. The van der Waals surface area contributed by atoms with E-state index in [2.05, 4.69) is 14.9 Å². The van der Waals surface area contributed by atoms with Crippen LogP contribution in [0.2, 0.25) is 0 Å². The average molecular weight is 167 g/mol. The number of nitrogens with zero attached hydrogens (tertiary/aromatic N) is 2. The van der Waals surface area contributed by atoms with Crippen molar-refractivity contribution >= 4 is 0 Å². The van der Waals surface area contributed by atoms with Gasteiger partial charge < -0.3 is 10.1 Å². The van der Waals surface area contributed by atoms with E-state index in [0.29, 0.717) is 0 Å². The average Bonchev–Trinajstić information content (AvgIpc) is 2.63. The Labute approximate surface area is 71.2 Å². The molecule has 1 fully saturated rings. The second-order valence-corrected chi connectivity index (χ2v) is 3.25. The zero-order valence-electron chi connectivity index (χ0n) is 6.90. The van der Waals surface area contributed by atoms with Gasteiger partial charge in [-0.2, -0.15) is 0 Å². The molecule has 0 spiro atoms. The Hall–Kier alpha value is -0.870. The van der Waals surface area contributed by atoms with Gasteiger partial charge in [0.05, 0.1) is 12.4 Å². The zero-order valence-corrected chi connectivity index (χ0v) is 6.90. The van der Waals surface area contributed by atoms with E-state index >= 15 is 0 Å². The van der Waals surface area contributed by atoms with Crippen LogP contribution in [0.3, 0.4) is 0 Å². The first-order valence-corrected chi connectivity index (χ1v) is 4.22. The number of imidazole rings is 1. The van der Waals surface area contributed by atoms with Gasteiger partial charge in [-0.3, -0.25) is 4.90 Å². The number of β-amino-alcohol motifs (C(OH)–C–C–N with tert-alkyl or cyclic N) is 1. The molecule has 4 nitrogen and oxygen atoms in total. The molecule has 12 heavy (non-hydrogen) atoms. The molecule has 1 aromatic rings. The Morgan fingerprint density at radius 2 is 2.67 bits per heavy atom. The summed E-state index contributed by atoms with van der Waals surface area (Å²) in [5, 5.41) is 9.26. The van der Waals surface area contributed by atoms with Crippen LogP contribution in [0.15, 0.2) is 12.5 Å². The summed E-state index contributed by atoms with van der Waals surface area (Å²) in [6, 6.07) is 0. The number of aromatic amines is 1. The lowest BCUT2D eigenvalue weighted by Gasteiger charge is -2.12. The quantitative estimate of drug-likeness (QED) is 0.650. The number of likely N-dealkylation sites (tertiary alicyclic amines) is 1. The highest BCUT2D eigenvalue weighted by Gasteiger charge is 2.19. The van der Waals surface area contributed by atoms with Gasteiger partial charge in [-0.1, -0.05) is 0 Å². The molecule has 1 aliphatic rings. The number of aliphatic hydroxyl groups excluding tert-OH is 1. The van der Waals surface area contributed by atoms with Gasteiger partial charge >= 0.3 is 0 Å². The molecular formula is C8H13N3O. The fourth-order valence-electron chi connectivity index (χ4n) is 1.57. The van der Waals surface area contributed by atoms with Crippen molar-refractivity contribution in [2.75, 3.05) is 13.1 Å². The van der Waals surface area contributed by atoms with Gasteiger partial charge in [-0.15, -0.1) is 0 Å². The standard InChI is InChI=1S/C8H13N3O/c12-8-1-2-11(5-8)4-7-3-9-6-10-7/h3,6,8,12H,1-2,4-5H2,(H,9,10). The van der Waals surface area contributed by atoms with Crippen molar-refractivity contribution < 1.29 is 5.11 Å². The van der Waals surface area contributed by atoms with E-state index in [1.165, 1.54) is 0 Å². The summed E-state index contributed by atoms with van der Waals surface area (Å²) in [6.07, 6.45) is 4.27. The number of aliphatic hydroxyl groups is 1. The summed E-state index contributed by atoms with van der Waals surface area (Å²) in [6.45, 7) is 2.65. The van der Waals surface area contributed by atoms with E-state index in [1.54, 1.807) is 6.33 Å². The minimum Gasteiger partial charge on any atom is -0.392 e. The molecule has 4 heteroatoms. The molecule has 1 atom stereocenters. The first-order valence-electron chi connectivity index (χ1n) is 4.22. The minimum absolute atomic E-state index is 0.132. The molecule has 2 heterocycles. The monoisotopic (exact) mass is 167 g/mol. The van der Waals surface area contributed by atoms with Gasteiger partial charge in [0.2, 0.25) is 0 Å². The maximum atomic E-state index is 9.26. The number of nitrogens with one attached hydrogen (secondary N) is 1. The molecule has 0 bridgehead atoms. The zero-order chi connectivity index (χ0) is 8.39. The van der Waals surface area contributed by atoms with Crippen LogP contribution in [0, 0.1) is 0 Å². The Morgan fingerprint density at radius 1 is 1.75 bits per heavy atom. The highest BCUT2D eigenvalue weighted by molar-refractivity contribution is 4.94. The first kappa shape index (κ1) is 7.76. The molecule has 0 radical (unpaired) electrons. The highest BCUT2D eigenvalue weighted by atomic mass is 16.3. The van der Waals surface area contributed by atoms with Crippen LogP contribution >= 0.6 is 0 Å². The van der Waals surface area contributed by atoms with Crippen LogP contribution in [0.5, 0.6) is 0 Å². The third kappa shape index (κ3) is 1.65. The van der Waals surface area contributed by atoms with Gasteiger partial charge in [0.25, 0.3) is 0 Å². The number of aromatic nitrogens is 2. The van der Waals surface area contributed by atoms with Crippen molar-refractivity contribution in [2.45, 2.75) is 19.1 Å². The van der Waals surface area contributed by atoms with Crippen molar-refractivity contribution in [2.24, 2.45) is 0 Å². The predicted octanol–water partition coefficient (Wildman–Crippen LogP) is -0.0237. The van der Waals surface area contributed by atoms with E-state index in [0.717, 1.165) is 31.7 Å². The molecule has 0 aliphatic carbocycles. The lowest BCUT2D eigenvalue weighted by Crippen LogP contribution is -2.21. The summed E-state index contributed by atoms with van der Waals surface area (Å²) in [7, 11) is 0. The van der Waals surface area contributed by atoms with Crippen molar-refractivity contribution in [3.8, 4) is 0 Å². The SMILES string of the molecule is OC1CCN(Cc2cnc[nH]2)C1. The van der Waals surface area contributed by atoms with Crippen molar-refractivity contribution in [3.63, 3.8) is 0 Å². The first-order chi connectivity index (χ1) is 5.84. The molecule has 1 unspecified atom stereocenters. The summed E-state index contributed by atoms with van der Waals surface area (Å²) in [5.41, 5.74) is 1.11. The van der Waals surface area contributed by atoms with Gasteiger partial charge in [-0.05, 0) is 6.42 Å². The maximum Gasteiger partial charge on any atom is 0.0922 e. The molecule has 2 N–H and O–H groups in total. The topological polar surface area (TPSA) is 52.1 Å². The summed E-state index contributed by atoms with van der Waals surface area (Å²) in [5.74, 6) is 0. The van der Waals surface area contributed by atoms with E-state index in [1.807, 2.05) is 6.20 Å². The van der Waals surface area contributed by atoms with Gasteiger partial charge in [-0.25, -0.2) is 4.98 Å². The van der Waals surface area contributed by atoms with Crippen molar-refractivity contribution in [1.29, 1.82) is 0 Å². The molecule has 1 aromatic heterocycles. The van der Waals surface area contributed by atoms with Crippen LogP contribution in [0.4, 0.5) is 0 Å². The summed E-state index contributed by atoms with van der Waals surface area (Å²) in [4.78, 5) is 9.20. The van der Waals surface area contributed by atoms with Crippen LogP contribution in [-0.2, 0) is 6.54 Å². The fraction of sp³-hybridized carbons (Fsp3) is 0.625. The Kier molecular flexibility index (Phi) is 2.10. The van der Waals surface area contributed by atoms with Crippen molar-refractivity contribution in [3.05, 3.63) is 18.2 Å². The molecule has 0 amide bonds. The van der Waals surface area contributed by atoms with Gasteiger partial charge in [0.1, 0.15) is 0 Å². The van der Waals surface area contributed by atoms with E-state index in [9.17, 15) is 5.11 Å². The fourth-order valence-corrected chi connectivity index (χ4v) is 1.57. The number of rotatable bonds is 2. The predicted molar refractivity (Wildman–Crippen MR) is 44.5 cm³/mol. The molecule has 1 saturated heterocycles. The van der Waals surface area contributed by atoms with Crippen LogP contribution in [0.1, 0.15) is 12.1 Å².